The van der Waals surface area contributed by atoms with Crippen LogP contribution in [0.15, 0.2) is 0 Å². The Morgan fingerprint density at radius 2 is 1.73 bits per heavy atom. The Morgan fingerprint density at radius 3 is 2.18 bits per heavy atom. The van der Waals surface area contributed by atoms with Gasteiger partial charge in [-0.2, -0.15) is 0 Å². The first-order valence-corrected chi connectivity index (χ1v) is 4.31. The summed E-state index contributed by atoms with van der Waals surface area (Å²) in [6.45, 7) is 0.285. The number of hydrogen-bond donors (Lipinski definition) is 2. The molecule has 1 aliphatic rings. The molecule has 3 heteroatoms. The molecule has 1 aliphatic carbocycles. The maximum absolute atomic E-state index is 9.85. The van der Waals surface area contributed by atoms with Gasteiger partial charge >= 0.3 is 0 Å². The highest BCUT2D eigenvalue weighted by Crippen LogP contribution is 2.26. The van der Waals surface area contributed by atoms with Gasteiger partial charge in [0.2, 0.25) is 0 Å². The smallest absolute Gasteiger partial charge is 0.0966 e. The third-order valence-corrected chi connectivity index (χ3v) is 2.39. The quantitative estimate of drug-likeness (QED) is 0.466. The zero-order valence-electron chi connectivity index (χ0n) is 6.88. The van der Waals surface area contributed by atoms with Crippen molar-refractivity contribution in [1.29, 1.82) is 0 Å². The first kappa shape index (κ1) is 8.97. The minimum absolute atomic E-state index is 0.285. The number of aliphatic hydroxyl groups is 1. The van der Waals surface area contributed by atoms with E-state index in [1.54, 1.807) is 0 Å². The molecule has 0 aromatic heterocycles. The molecule has 3 nitrogen and oxygen atoms in total. The summed E-state index contributed by atoms with van der Waals surface area (Å²) < 4.78 is 0. The lowest BCUT2D eigenvalue weighted by molar-refractivity contribution is -0.0566. The van der Waals surface area contributed by atoms with E-state index < -0.39 is 5.60 Å². The van der Waals surface area contributed by atoms with E-state index in [2.05, 4.69) is 4.84 Å². The predicted molar refractivity (Wildman–Crippen MR) is 42.8 cm³/mol. The van der Waals surface area contributed by atoms with Gasteiger partial charge in [-0.1, -0.05) is 25.7 Å². The van der Waals surface area contributed by atoms with Gasteiger partial charge in [-0.25, -0.2) is 5.90 Å². The van der Waals surface area contributed by atoms with Crippen LogP contribution in [0.25, 0.3) is 0 Å². The van der Waals surface area contributed by atoms with Gasteiger partial charge in [0, 0.05) is 0 Å². The number of rotatable bonds is 2. The van der Waals surface area contributed by atoms with Crippen LogP contribution in [0.4, 0.5) is 0 Å². The molecule has 0 atom stereocenters. The lowest BCUT2D eigenvalue weighted by Gasteiger charge is -2.24. The lowest BCUT2D eigenvalue weighted by atomic mass is 9.96. The van der Waals surface area contributed by atoms with Gasteiger partial charge < -0.3 is 9.94 Å². The molecule has 1 saturated carbocycles. The summed E-state index contributed by atoms with van der Waals surface area (Å²) in [6.07, 6.45) is 6.33. The third kappa shape index (κ3) is 2.77. The second-order valence-corrected chi connectivity index (χ2v) is 3.45. The Kier molecular flexibility index (Phi) is 3.30. The summed E-state index contributed by atoms with van der Waals surface area (Å²) in [5.74, 6) is 4.94. The summed E-state index contributed by atoms with van der Waals surface area (Å²) in [4.78, 5) is 4.49. The largest absolute Gasteiger partial charge is 0.387 e. The summed E-state index contributed by atoms with van der Waals surface area (Å²) >= 11 is 0. The lowest BCUT2D eigenvalue weighted by Crippen LogP contribution is -2.34. The SMILES string of the molecule is NOCC1(O)CCCCCC1. The average Bonchev–Trinajstić information content (AvgIpc) is 2.15. The summed E-state index contributed by atoms with van der Waals surface area (Å²) in [7, 11) is 0. The van der Waals surface area contributed by atoms with Gasteiger partial charge in [-0.15, -0.1) is 0 Å². The normalized spacial score (nSPS) is 24.5. The molecule has 0 heterocycles. The molecule has 0 aromatic carbocycles. The van der Waals surface area contributed by atoms with Gasteiger partial charge in [0.15, 0.2) is 0 Å². The predicted octanol–water partition coefficient (Wildman–Crippen LogP) is 0.962. The van der Waals surface area contributed by atoms with E-state index >= 15 is 0 Å². The number of nitrogens with two attached hydrogens (primary N) is 1. The molecule has 3 N–H and O–H groups in total. The first-order valence-electron chi connectivity index (χ1n) is 4.31. The van der Waals surface area contributed by atoms with Gasteiger partial charge in [0.05, 0.1) is 12.2 Å². The highest BCUT2D eigenvalue weighted by atomic mass is 16.6. The Bertz CT molecular complexity index is 109. The van der Waals surface area contributed by atoms with Crippen molar-refractivity contribution in [2.24, 2.45) is 5.90 Å². The van der Waals surface area contributed by atoms with Crippen LogP contribution in [0.5, 0.6) is 0 Å². The van der Waals surface area contributed by atoms with E-state index in [0.717, 1.165) is 25.7 Å². The Hall–Kier alpha value is -0.120. The summed E-state index contributed by atoms with van der Waals surface area (Å²) in [5.41, 5.74) is -0.634. The molecule has 66 valence electrons. The molecule has 1 fully saturated rings. The fraction of sp³-hybridized carbons (Fsp3) is 1.00. The van der Waals surface area contributed by atoms with Crippen LogP contribution in [0, 0.1) is 0 Å². The fourth-order valence-corrected chi connectivity index (χ4v) is 1.69. The summed E-state index contributed by atoms with van der Waals surface area (Å²) in [6, 6.07) is 0. The van der Waals surface area contributed by atoms with Gasteiger partial charge in [0.1, 0.15) is 0 Å². The standard InChI is InChI=1S/C8H17NO2/c9-11-7-8(10)5-3-1-2-4-6-8/h10H,1-7,9H2. The average molecular weight is 159 g/mol. The topological polar surface area (TPSA) is 55.5 Å². The van der Waals surface area contributed by atoms with Crippen molar-refractivity contribution in [3.05, 3.63) is 0 Å². The minimum atomic E-state index is -0.634. The van der Waals surface area contributed by atoms with Gasteiger partial charge in [-0.3, -0.25) is 0 Å². The fourth-order valence-electron chi connectivity index (χ4n) is 1.69. The van der Waals surface area contributed by atoms with E-state index in [9.17, 15) is 5.11 Å². The minimum Gasteiger partial charge on any atom is -0.387 e. The molecule has 0 spiro atoms. The van der Waals surface area contributed by atoms with Crippen molar-refractivity contribution < 1.29 is 9.94 Å². The highest BCUT2D eigenvalue weighted by molar-refractivity contribution is 4.80. The van der Waals surface area contributed by atoms with Crippen LogP contribution in [0.2, 0.25) is 0 Å². The zero-order valence-corrected chi connectivity index (χ0v) is 6.88. The van der Waals surface area contributed by atoms with Gasteiger partial charge in [0.25, 0.3) is 0 Å². The monoisotopic (exact) mass is 159 g/mol. The Labute approximate surface area is 67.5 Å². The molecule has 11 heavy (non-hydrogen) atoms. The molecule has 0 unspecified atom stereocenters. The second-order valence-electron chi connectivity index (χ2n) is 3.45. The maximum Gasteiger partial charge on any atom is 0.0966 e. The van der Waals surface area contributed by atoms with Crippen molar-refractivity contribution in [3.8, 4) is 0 Å². The van der Waals surface area contributed by atoms with Crippen LogP contribution in [-0.2, 0) is 4.84 Å². The van der Waals surface area contributed by atoms with Gasteiger partial charge in [-0.05, 0) is 12.8 Å². The molecule has 0 amide bonds. The van der Waals surface area contributed by atoms with E-state index in [-0.39, 0.29) is 6.61 Å². The van der Waals surface area contributed by atoms with Crippen LogP contribution < -0.4 is 5.90 Å². The first-order chi connectivity index (χ1) is 5.27. The van der Waals surface area contributed by atoms with Crippen molar-refractivity contribution >= 4 is 0 Å². The molecular formula is C8H17NO2. The van der Waals surface area contributed by atoms with E-state index in [1.807, 2.05) is 0 Å². The zero-order chi connectivity index (χ0) is 8.16. The molecule has 0 bridgehead atoms. The van der Waals surface area contributed by atoms with Crippen molar-refractivity contribution in [2.75, 3.05) is 6.61 Å². The van der Waals surface area contributed by atoms with Crippen LogP contribution in [0.1, 0.15) is 38.5 Å². The number of hydrogen-bond acceptors (Lipinski definition) is 3. The Balaban J connectivity index is 2.38. The Morgan fingerprint density at radius 1 is 1.18 bits per heavy atom. The van der Waals surface area contributed by atoms with E-state index in [4.69, 9.17) is 5.90 Å². The van der Waals surface area contributed by atoms with Crippen LogP contribution in [-0.4, -0.2) is 17.3 Å². The maximum atomic E-state index is 9.85. The van der Waals surface area contributed by atoms with Crippen molar-refractivity contribution in [1.82, 2.24) is 0 Å². The highest BCUT2D eigenvalue weighted by Gasteiger charge is 2.27. The summed E-state index contributed by atoms with van der Waals surface area (Å²) in [5, 5.41) is 9.85. The van der Waals surface area contributed by atoms with Crippen LogP contribution in [0.3, 0.4) is 0 Å². The van der Waals surface area contributed by atoms with Crippen molar-refractivity contribution in [2.45, 2.75) is 44.1 Å². The van der Waals surface area contributed by atoms with E-state index in [1.165, 1.54) is 12.8 Å². The van der Waals surface area contributed by atoms with Crippen molar-refractivity contribution in [3.63, 3.8) is 0 Å². The molecule has 0 saturated heterocycles. The molecular weight excluding hydrogens is 142 g/mol. The molecule has 0 aromatic rings. The molecule has 0 radical (unpaired) electrons. The second kappa shape index (κ2) is 4.04. The molecule has 0 aliphatic heterocycles. The van der Waals surface area contributed by atoms with Crippen LogP contribution >= 0.6 is 0 Å². The van der Waals surface area contributed by atoms with E-state index in [0.29, 0.717) is 0 Å². The molecule has 1 rings (SSSR count). The third-order valence-electron chi connectivity index (χ3n) is 2.39.